The van der Waals surface area contributed by atoms with Gasteiger partial charge in [-0.25, -0.2) is 9.78 Å². The molecule has 5 nitrogen and oxygen atoms in total. The average molecular weight is 282 g/mol. The molecule has 0 saturated heterocycles. The number of carbonyl (C=O) groups excluding carboxylic acids is 1. The van der Waals surface area contributed by atoms with Crippen LogP contribution in [0.3, 0.4) is 0 Å². The van der Waals surface area contributed by atoms with E-state index in [1.807, 2.05) is 13.2 Å². The minimum absolute atomic E-state index is 0.129. The second-order valence-corrected chi connectivity index (χ2v) is 5.03. The molecule has 0 bridgehead atoms. The zero-order valence-corrected chi connectivity index (χ0v) is 12.0. The minimum atomic E-state index is -1.02. The first-order valence-electron chi connectivity index (χ1n) is 6.03. The summed E-state index contributed by atoms with van der Waals surface area (Å²) in [6, 6.07) is 2.42. The number of hydrogen-bond donors (Lipinski definition) is 2. The first-order chi connectivity index (χ1) is 9.01. The molecule has 2 atom stereocenters. The van der Waals surface area contributed by atoms with Crippen LogP contribution in [-0.4, -0.2) is 34.3 Å². The van der Waals surface area contributed by atoms with E-state index in [0.717, 1.165) is 0 Å². The predicted octanol–water partition coefficient (Wildman–Crippen LogP) is 2.03. The maximum absolute atomic E-state index is 12.1. The Kier molecular flexibility index (Phi) is 5.82. The highest BCUT2D eigenvalue weighted by Gasteiger charge is 2.26. The average Bonchev–Trinajstić information content (AvgIpc) is 2.43. The Morgan fingerprint density at radius 1 is 1.53 bits per heavy atom. The van der Waals surface area contributed by atoms with Crippen LogP contribution in [0.4, 0.5) is 0 Å². The topological polar surface area (TPSA) is 79.3 Å². The standard InChI is InChI=1S/C13H18N2O3S/c1-4-8(2)10(13(17)18)15-11(16)9-6-5-7-14-12(9)19-3/h5-8,10H,4H2,1-3H3,(H,15,16)(H,17,18)/t8?,10-/m0/s1. The minimum Gasteiger partial charge on any atom is -0.480 e. The summed E-state index contributed by atoms with van der Waals surface area (Å²) in [4.78, 5) is 27.4. The lowest BCUT2D eigenvalue weighted by molar-refractivity contribution is -0.140. The largest absolute Gasteiger partial charge is 0.480 e. The molecule has 0 fully saturated rings. The number of carboxylic acid groups (broad SMARTS) is 1. The molecular formula is C13H18N2O3S. The lowest BCUT2D eigenvalue weighted by Crippen LogP contribution is -2.45. The molecule has 2 N–H and O–H groups in total. The highest BCUT2D eigenvalue weighted by molar-refractivity contribution is 7.98. The van der Waals surface area contributed by atoms with E-state index in [9.17, 15) is 9.59 Å². The second kappa shape index (κ2) is 7.13. The number of aliphatic carboxylic acids is 1. The number of carboxylic acids is 1. The summed E-state index contributed by atoms with van der Waals surface area (Å²) in [5, 5.41) is 12.3. The van der Waals surface area contributed by atoms with Gasteiger partial charge in [0, 0.05) is 6.20 Å². The lowest BCUT2D eigenvalue weighted by atomic mass is 9.99. The number of nitrogens with zero attached hydrogens (tertiary/aromatic N) is 1. The molecule has 1 unspecified atom stereocenters. The van der Waals surface area contributed by atoms with Crippen molar-refractivity contribution in [3.63, 3.8) is 0 Å². The van der Waals surface area contributed by atoms with Crippen molar-refractivity contribution in [2.45, 2.75) is 31.3 Å². The smallest absolute Gasteiger partial charge is 0.326 e. The first-order valence-corrected chi connectivity index (χ1v) is 7.26. The first kappa shape index (κ1) is 15.5. The van der Waals surface area contributed by atoms with Crippen molar-refractivity contribution in [1.82, 2.24) is 10.3 Å². The molecule has 6 heteroatoms. The van der Waals surface area contributed by atoms with Crippen molar-refractivity contribution in [1.29, 1.82) is 0 Å². The van der Waals surface area contributed by atoms with Gasteiger partial charge in [-0.05, 0) is 24.3 Å². The molecule has 1 amide bonds. The third-order valence-electron chi connectivity index (χ3n) is 2.97. The van der Waals surface area contributed by atoms with Crippen molar-refractivity contribution in [3.05, 3.63) is 23.9 Å². The molecule has 0 aliphatic carbocycles. The van der Waals surface area contributed by atoms with Gasteiger partial charge in [-0.15, -0.1) is 11.8 Å². The fourth-order valence-electron chi connectivity index (χ4n) is 1.63. The number of nitrogens with one attached hydrogen (secondary N) is 1. The van der Waals surface area contributed by atoms with E-state index in [2.05, 4.69) is 10.3 Å². The van der Waals surface area contributed by atoms with Gasteiger partial charge in [0.05, 0.1) is 5.56 Å². The Morgan fingerprint density at radius 3 is 2.74 bits per heavy atom. The molecule has 0 aliphatic heterocycles. The fourth-order valence-corrected chi connectivity index (χ4v) is 2.18. The zero-order chi connectivity index (χ0) is 14.4. The third kappa shape index (κ3) is 3.96. The molecule has 1 heterocycles. The molecular weight excluding hydrogens is 264 g/mol. The molecule has 19 heavy (non-hydrogen) atoms. The molecule has 0 spiro atoms. The molecule has 1 rings (SSSR count). The van der Waals surface area contributed by atoms with Crippen molar-refractivity contribution >= 4 is 23.6 Å². The van der Waals surface area contributed by atoms with Crippen LogP contribution in [-0.2, 0) is 4.79 Å². The van der Waals surface area contributed by atoms with E-state index in [-0.39, 0.29) is 5.92 Å². The van der Waals surface area contributed by atoms with Crippen LogP contribution < -0.4 is 5.32 Å². The van der Waals surface area contributed by atoms with Gasteiger partial charge < -0.3 is 10.4 Å². The normalized spacial score (nSPS) is 13.6. The third-order valence-corrected chi connectivity index (χ3v) is 3.69. The molecule has 0 saturated carbocycles. The summed E-state index contributed by atoms with van der Waals surface area (Å²) >= 11 is 1.35. The van der Waals surface area contributed by atoms with Crippen molar-refractivity contribution in [2.75, 3.05) is 6.26 Å². The number of amides is 1. The zero-order valence-electron chi connectivity index (χ0n) is 11.2. The number of hydrogen-bond acceptors (Lipinski definition) is 4. The van der Waals surface area contributed by atoms with E-state index < -0.39 is 17.9 Å². The fraction of sp³-hybridized carbons (Fsp3) is 0.462. The molecule has 1 aromatic rings. The van der Waals surface area contributed by atoms with Crippen LogP contribution in [0.2, 0.25) is 0 Å². The number of rotatable bonds is 6. The van der Waals surface area contributed by atoms with Crippen LogP contribution >= 0.6 is 11.8 Å². The maximum Gasteiger partial charge on any atom is 0.326 e. The van der Waals surface area contributed by atoms with Crippen LogP contribution in [0.5, 0.6) is 0 Å². The van der Waals surface area contributed by atoms with Gasteiger partial charge in [0.2, 0.25) is 0 Å². The summed E-state index contributed by atoms with van der Waals surface area (Å²) in [6.07, 6.45) is 4.11. The number of carbonyl (C=O) groups is 2. The molecule has 104 valence electrons. The highest BCUT2D eigenvalue weighted by Crippen LogP contribution is 2.17. The number of aromatic nitrogens is 1. The Balaban J connectivity index is 2.91. The highest BCUT2D eigenvalue weighted by atomic mass is 32.2. The van der Waals surface area contributed by atoms with E-state index in [1.165, 1.54) is 11.8 Å². The van der Waals surface area contributed by atoms with Crippen LogP contribution in [0.25, 0.3) is 0 Å². The van der Waals surface area contributed by atoms with Crippen molar-refractivity contribution < 1.29 is 14.7 Å². The molecule has 0 radical (unpaired) electrons. The van der Waals surface area contributed by atoms with Gasteiger partial charge in [0.15, 0.2) is 0 Å². The van der Waals surface area contributed by atoms with Gasteiger partial charge in [-0.2, -0.15) is 0 Å². The summed E-state index contributed by atoms with van der Waals surface area (Å²) in [5.74, 6) is -1.54. The monoisotopic (exact) mass is 282 g/mol. The van der Waals surface area contributed by atoms with Gasteiger partial charge >= 0.3 is 5.97 Å². The van der Waals surface area contributed by atoms with E-state index in [0.29, 0.717) is 17.0 Å². The van der Waals surface area contributed by atoms with Gasteiger partial charge in [-0.1, -0.05) is 20.3 Å². The van der Waals surface area contributed by atoms with Crippen molar-refractivity contribution in [3.8, 4) is 0 Å². The van der Waals surface area contributed by atoms with E-state index in [1.54, 1.807) is 25.3 Å². The summed E-state index contributed by atoms with van der Waals surface area (Å²) < 4.78 is 0. The molecule has 0 aromatic carbocycles. The maximum atomic E-state index is 12.1. The predicted molar refractivity (Wildman–Crippen MR) is 74.4 cm³/mol. The second-order valence-electron chi connectivity index (χ2n) is 4.24. The Bertz CT molecular complexity index is 465. The van der Waals surface area contributed by atoms with Crippen LogP contribution in [0, 0.1) is 5.92 Å². The summed E-state index contributed by atoms with van der Waals surface area (Å²) in [6.45, 7) is 3.70. The molecule has 0 aliphatic rings. The lowest BCUT2D eigenvalue weighted by Gasteiger charge is -2.20. The summed E-state index contributed by atoms with van der Waals surface area (Å²) in [7, 11) is 0. The number of thioether (sulfide) groups is 1. The summed E-state index contributed by atoms with van der Waals surface area (Å²) in [5.41, 5.74) is 0.407. The van der Waals surface area contributed by atoms with Crippen LogP contribution in [0.15, 0.2) is 23.4 Å². The van der Waals surface area contributed by atoms with Gasteiger partial charge in [0.1, 0.15) is 11.1 Å². The molecule has 1 aromatic heterocycles. The SMILES string of the molecule is CCC(C)[C@H](NC(=O)c1cccnc1SC)C(=O)O. The quantitative estimate of drug-likeness (QED) is 0.780. The van der Waals surface area contributed by atoms with Crippen LogP contribution in [0.1, 0.15) is 30.6 Å². The Hall–Kier alpha value is -1.56. The Morgan fingerprint density at radius 2 is 2.21 bits per heavy atom. The van der Waals surface area contributed by atoms with Gasteiger partial charge in [0.25, 0.3) is 5.91 Å². The van der Waals surface area contributed by atoms with E-state index in [4.69, 9.17) is 5.11 Å². The van der Waals surface area contributed by atoms with E-state index >= 15 is 0 Å². The Labute approximate surface area is 116 Å². The van der Waals surface area contributed by atoms with Crippen molar-refractivity contribution in [2.24, 2.45) is 5.92 Å². The number of pyridine rings is 1. The van der Waals surface area contributed by atoms with Gasteiger partial charge in [-0.3, -0.25) is 4.79 Å².